The molecule has 31 heavy (non-hydrogen) atoms. The van der Waals surface area contributed by atoms with Gasteiger partial charge in [-0.1, -0.05) is 42.5 Å². The molecule has 1 heterocycles. The van der Waals surface area contributed by atoms with Gasteiger partial charge in [0.2, 0.25) is 0 Å². The lowest BCUT2D eigenvalue weighted by Crippen LogP contribution is -2.43. The summed E-state index contributed by atoms with van der Waals surface area (Å²) in [5.41, 5.74) is 1.51. The van der Waals surface area contributed by atoms with Crippen LogP contribution in [0.2, 0.25) is 0 Å². The Labute approximate surface area is 181 Å². The highest BCUT2D eigenvalue weighted by molar-refractivity contribution is 6.09. The summed E-state index contributed by atoms with van der Waals surface area (Å²) in [5, 5.41) is 4.95. The van der Waals surface area contributed by atoms with Gasteiger partial charge in [0.25, 0.3) is 5.91 Å². The molecule has 0 radical (unpaired) electrons. The van der Waals surface area contributed by atoms with Crippen molar-refractivity contribution in [3.05, 3.63) is 77.6 Å². The molecule has 1 amide bonds. The minimum absolute atomic E-state index is 0.0704. The third-order valence-electron chi connectivity index (χ3n) is 5.61. The fourth-order valence-electron chi connectivity index (χ4n) is 4.07. The predicted octanol–water partition coefficient (Wildman–Crippen LogP) is 4.18. The highest BCUT2D eigenvalue weighted by atomic mass is 19.1. The first-order chi connectivity index (χ1) is 15.2. The van der Waals surface area contributed by atoms with E-state index in [1.807, 2.05) is 43.3 Å². The van der Waals surface area contributed by atoms with Crippen molar-refractivity contribution in [2.75, 3.05) is 39.5 Å². The van der Waals surface area contributed by atoms with Crippen LogP contribution in [0, 0.1) is 5.82 Å². The lowest BCUT2D eigenvalue weighted by Gasteiger charge is -2.35. The van der Waals surface area contributed by atoms with Gasteiger partial charge in [-0.05, 0) is 41.5 Å². The third-order valence-corrected chi connectivity index (χ3v) is 5.61. The van der Waals surface area contributed by atoms with E-state index >= 15 is 0 Å². The minimum atomic E-state index is -0.273. The Balaban J connectivity index is 1.60. The van der Waals surface area contributed by atoms with Gasteiger partial charge in [-0.3, -0.25) is 9.69 Å². The van der Waals surface area contributed by atoms with E-state index in [4.69, 9.17) is 9.47 Å². The fraction of sp³-hybridized carbons (Fsp3) is 0.320. The Hall–Kier alpha value is -2.96. The maximum absolute atomic E-state index is 13.5. The molecule has 1 N–H and O–H groups in total. The molecule has 1 aliphatic rings. The zero-order valence-electron chi connectivity index (χ0n) is 17.6. The summed E-state index contributed by atoms with van der Waals surface area (Å²) in [5.74, 6) is 0.120. The van der Waals surface area contributed by atoms with Crippen molar-refractivity contribution in [2.24, 2.45) is 0 Å². The number of halogens is 1. The molecule has 0 bridgehead atoms. The van der Waals surface area contributed by atoms with Crippen molar-refractivity contribution >= 4 is 16.7 Å². The van der Waals surface area contributed by atoms with Gasteiger partial charge in [0, 0.05) is 19.6 Å². The van der Waals surface area contributed by atoms with Crippen molar-refractivity contribution in [1.82, 2.24) is 10.2 Å². The Bertz CT molecular complexity index is 1030. The molecule has 0 aliphatic carbocycles. The molecule has 3 aromatic rings. The monoisotopic (exact) mass is 422 g/mol. The van der Waals surface area contributed by atoms with Crippen molar-refractivity contribution in [3.8, 4) is 5.75 Å². The topological polar surface area (TPSA) is 50.8 Å². The zero-order valence-corrected chi connectivity index (χ0v) is 17.6. The van der Waals surface area contributed by atoms with Gasteiger partial charge < -0.3 is 14.8 Å². The average Bonchev–Trinajstić information content (AvgIpc) is 2.81. The van der Waals surface area contributed by atoms with E-state index in [0.717, 1.165) is 29.4 Å². The molecule has 0 spiro atoms. The van der Waals surface area contributed by atoms with Gasteiger partial charge in [0.1, 0.15) is 11.6 Å². The molecular formula is C25H27FN2O3. The van der Waals surface area contributed by atoms with E-state index in [0.29, 0.717) is 37.7 Å². The number of rotatable bonds is 7. The zero-order chi connectivity index (χ0) is 21.6. The van der Waals surface area contributed by atoms with Crippen molar-refractivity contribution in [1.29, 1.82) is 0 Å². The molecule has 3 aromatic carbocycles. The van der Waals surface area contributed by atoms with Crippen LogP contribution in [0.15, 0.2) is 60.7 Å². The van der Waals surface area contributed by atoms with E-state index in [9.17, 15) is 9.18 Å². The number of carbonyl (C=O) groups excluding carboxylic acids is 1. The van der Waals surface area contributed by atoms with Crippen molar-refractivity contribution in [2.45, 2.75) is 13.0 Å². The Morgan fingerprint density at radius 2 is 1.84 bits per heavy atom. The van der Waals surface area contributed by atoms with Crippen LogP contribution in [-0.4, -0.2) is 50.3 Å². The van der Waals surface area contributed by atoms with Crippen LogP contribution < -0.4 is 10.1 Å². The number of fused-ring (bicyclic) bond motifs is 1. The van der Waals surface area contributed by atoms with Crippen LogP contribution in [0.4, 0.5) is 4.39 Å². The summed E-state index contributed by atoms with van der Waals surface area (Å²) in [7, 11) is 0. The summed E-state index contributed by atoms with van der Waals surface area (Å²) in [6.07, 6.45) is 0. The second-order valence-electron chi connectivity index (χ2n) is 7.52. The lowest BCUT2D eigenvalue weighted by molar-refractivity contribution is 0.0162. The summed E-state index contributed by atoms with van der Waals surface area (Å²) in [4.78, 5) is 15.6. The first-order valence-corrected chi connectivity index (χ1v) is 10.7. The molecule has 0 unspecified atom stereocenters. The van der Waals surface area contributed by atoms with Crippen LogP contribution in [0.25, 0.3) is 10.8 Å². The molecule has 5 nitrogen and oxygen atoms in total. The van der Waals surface area contributed by atoms with E-state index in [1.165, 1.54) is 12.1 Å². The second kappa shape index (κ2) is 9.90. The van der Waals surface area contributed by atoms with Gasteiger partial charge in [0.05, 0.1) is 31.4 Å². The smallest absolute Gasteiger partial charge is 0.255 e. The normalized spacial score (nSPS) is 15.5. The molecule has 1 fully saturated rings. The summed E-state index contributed by atoms with van der Waals surface area (Å²) >= 11 is 0. The van der Waals surface area contributed by atoms with Crippen molar-refractivity contribution in [3.63, 3.8) is 0 Å². The molecule has 162 valence electrons. The van der Waals surface area contributed by atoms with E-state index < -0.39 is 0 Å². The van der Waals surface area contributed by atoms with Crippen LogP contribution >= 0.6 is 0 Å². The largest absolute Gasteiger partial charge is 0.493 e. The second-order valence-corrected chi connectivity index (χ2v) is 7.52. The molecule has 0 saturated carbocycles. The van der Waals surface area contributed by atoms with Gasteiger partial charge >= 0.3 is 0 Å². The fourth-order valence-corrected chi connectivity index (χ4v) is 4.07. The third kappa shape index (κ3) is 4.86. The summed E-state index contributed by atoms with van der Waals surface area (Å²) in [6, 6.07) is 18.0. The van der Waals surface area contributed by atoms with Gasteiger partial charge in [-0.25, -0.2) is 4.39 Å². The van der Waals surface area contributed by atoms with Crippen LogP contribution in [0.3, 0.4) is 0 Å². The maximum atomic E-state index is 13.5. The Morgan fingerprint density at radius 3 is 2.58 bits per heavy atom. The number of nitrogens with one attached hydrogen (secondary N) is 1. The number of ether oxygens (including phenoxy) is 2. The number of carbonyl (C=O) groups is 1. The SMILES string of the molecule is CCOc1ccc2ccccc2c1C(=O)NC[C@@H](c1ccc(F)cc1)N1CCOCC1. The average molecular weight is 423 g/mol. The molecule has 4 rings (SSSR count). The Kier molecular flexibility index (Phi) is 6.79. The molecule has 1 saturated heterocycles. The van der Waals surface area contributed by atoms with Crippen LogP contribution in [-0.2, 0) is 4.74 Å². The standard InChI is InChI=1S/C25H27FN2O3/c1-2-31-23-12-9-18-5-3-4-6-21(18)24(23)25(29)27-17-22(28-13-15-30-16-14-28)19-7-10-20(26)11-8-19/h3-12,22H,2,13-17H2,1H3,(H,27,29)/t22-/m0/s1. The maximum Gasteiger partial charge on any atom is 0.255 e. The number of morpholine rings is 1. The number of hydrogen-bond acceptors (Lipinski definition) is 4. The summed E-state index contributed by atoms with van der Waals surface area (Å²) < 4.78 is 24.7. The first kappa shape index (κ1) is 21.3. The summed E-state index contributed by atoms with van der Waals surface area (Å²) in [6.45, 7) is 5.59. The molecule has 6 heteroatoms. The number of amides is 1. The molecule has 1 aliphatic heterocycles. The quantitative estimate of drug-likeness (QED) is 0.621. The number of benzene rings is 3. The van der Waals surface area contributed by atoms with Gasteiger partial charge in [0.15, 0.2) is 0 Å². The molecular weight excluding hydrogens is 395 g/mol. The molecule has 1 atom stereocenters. The van der Waals surface area contributed by atoms with E-state index in [1.54, 1.807) is 12.1 Å². The first-order valence-electron chi connectivity index (χ1n) is 10.7. The lowest BCUT2D eigenvalue weighted by atomic mass is 10.0. The molecule has 0 aromatic heterocycles. The van der Waals surface area contributed by atoms with Gasteiger partial charge in [-0.15, -0.1) is 0 Å². The predicted molar refractivity (Wildman–Crippen MR) is 119 cm³/mol. The number of nitrogens with zero attached hydrogens (tertiary/aromatic N) is 1. The van der Waals surface area contributed by atoms with Crippen LogP contribution in [0.1, 0.15) is 28.9 Å². The highest BCUT2D eigenvalue weighted by Crippen LogP contribution is 2.29. The number of hydrogen-bond donors (Lipinski definition) is 1. The Morgan fingerprint density at radius 1 is 1.10 bits per heavy atom. The highest BCUT2D eigenvalue weighted by Gasteiger charge is 2.24. The minimum Gasteiger partial charge on any atom is -0.493 e. The van der Waals surface area contributed by atoms with E-state index in [-0.39, 0.29) is 17.8 Å². The van der Waals surface area contributed by atoms with E-state index in [2.05, 4.69) is 10.2 Å². The van der Waals surface area contributed by atoms with Crippen LogP contribution in [0.5, 0.6) is 5.75 Å². The van der Waals surface area contributed by atoms with Gasteiger partial charge in [-0.2, -0.15) is 0 Å². The van der Waals surface area contributed by atoms with Crippen molar-refractivity contribution < 1.29 is 18.7 Å².